The first-order valence-corrected chi connectivity index (χ1v) is 10.2. The van der Waals surface area contributed by atoms with E-state index in [0.29, 0.717) is 25.3 Å². The van der Waals surface area contributed by atoms with Gasteiger partial charge >= 0.3 is 0 Å². The predicted molar refractivity (Wildman–Crippen MR) is 89.1 cm³/mol. The Bertz CT molecular complexity index is 794. The van der Waals surface area contributed by atoms with Crippen molar-refractivity contribution in [1.29, 1.82) is 0 Å². The van der Waals surface area contributed by atoms with E-state index in [-0.39, 0.29) is 10.8 Å². The monoisotopic (exact) mass is 373 g/mol. The highest BCUT2D eigenvalue weighted by Gasteiger charge is 2.28. The summed E-state index contributed by atoms with van der Waals surface area (Å²) in [5.74, 6) is -0.443. The van der Waals surface area contributed by atoms with Gasteiger partial charge in [0.2, 0.25) is 10.0 Å². The third-order valence-corrected chi connectivity index (χ3v) is 7.02. The molecule has 130 valence electrons. The van der Waals surface area contributed by atoms with Gasteiger partial charge in [0.25, 0.3) is 0 Å². The molecule has 0 N–H and O–H groups in total. The van der Waals surface area contributed by atoms with Crippen molar-refractivity contribution in [3.05, 3.63) is 59.6 Å². The summed E-state index contributed by atoms with van der Waals surface area (Å²) in [5.41, 5.74) is -0.144. The van der Waals surface area contributed by atoms with Crippen LogP contribution in [0.15, 0.2) is 41.0 Å². The number of rotatable bonds is 4. The lowest BCUT2D eigenvalue weighted by Gasteiger charge is -2.20. The molecule has 24 heavy (non-hydrogen) atoms. The second-order valence-corrected chi connectivity index (χ2v) is 8.83. The molecule has 1 aromatic heterocycles. The van der Waals surface area contributed by atoms with Crippen LogP contribution in [-0.2, 0) is 15.8 Å². The lowest BCUT2D eigenvalue weighted by Crippen LogP contribution is -2.34. The van der Waals surface area contributed by atoms with Gasteiger partial charge in [-0.15, -0.1) is 11.8 Å². The highest BCUT2D eigenvalue weighted by Crippen LogP contribution is 2.35. The predicted octanol–water partition coefficient (Wildman–Crippen LogP) is 3.57. The van der Waals surface area contributed by atoms with Gasteiger partial charge in [0.1, 0.15) is 17.4 Å². The molecule has 0 aliphatic carbocycles. The zero-order valence-corrected chi connectivity index (χ0v) is 14.5. The first kappa shape index (κ1) is 17.4. The molecule has 8 heteroatoms. The topological polar surface area (TPSA) is 50.5 Å². The van der Waals surface area contributed by atoms with E-state index in [1.807, 2.05) is 12.1 Å². The Morgan fingerprint density at radius 1 is 1.25 bits per heavy atom. The molecular weight excluding hydrogens is 356 g/mol. The zero-order chi connectivity index (χ0) is 17.2. The molecule has 0 amide bonds. The number of sulfonamides is 1. The summed E-state index contributed by atoms with van der Waals surface area (Å²) in [6.07, 6.45) is 2.21. The molecule has 1 fully saturated rings. The van der Waals surface area contributed by atoms with E-state index in [9.17, 15) is 17.2 Å². The van der Waals surface area contributed by atoms with Gasteiger partial charge in [0.15, 0.2) is 0 Å². The molecule has 4 nitrogen and oxygen atoms in total. The van der Waals surface area contributed by atoms with Gasteiger partial charge in [-0.25, -0.2) is 21.5 Å². The number of nitrogens with zero attached hydrogens (tertiary/aromatic N) is 1. The molecule has 1 aromatic carbocycles. The molecular formula is C16H17F2NO3S2. The summed E-state index contributed by atoms with van der Waals surface area (Å²) in [4.78, 5) is 0. The molecule has 0 bridgehead atoms. The standard InChI is InChI=1S/C16H17F2NO3S2/c17-13-3-4-14(18)12(10-13)11-24(20,21)19-6-5-16(23-9-7-19)15-2-1-8-22-15/h1-4,8,10,16H,5-7,9,11H2. The molecule has 0 spiro atoms. The number of halogens is 2. The van der Waals surface area contributed by atoms with Crippen molar-refractivity contribution >= 4 is 21.8 Å². The minimum atomic E-state index is -3.71. The van der Waals surface area contributed by atoms with Crippen molar-refractivity contribution in [2.45, 2.75) is 17.4 Å². The Morgan fingerprint density at radius 2 is 2.08 bits per heavy atom. The highest BCUT2D eigenvalue weighted by atomic mass is 32.2. The largest absolute Gasteiger partial charge is 0.468 e. The summed E-state index contributed by atoms with van der Waals surface area (Å²) in [6, 6.07) is 6.55. The van der Waals surface area contributed by atoms with Crippen LogP contribution >= 0.6 is 11.8 Å². The number of benzene rings is 1. The quantitative estimate of drug-likeness (QED) is 0.822. The third kappa shape index (κ3) is 3.99. The lowest BCUT2D eigenvalue weighted by atomic mass is 10.2. The molecule has 0 radical (unpaired) electrons. The summed E-state index contributed by atoms with van der Waals surface area (Å²) < 4.78 is 58.9. The second kappa shape index (κ2) is 7.25. The van der Waals surface area contributed by atoms with Gasteiger partial charge in [0, 0.05) is 24.4 Å². The van der Waals surface area contributed by atoms with Gasteiger partial charge in [-0.2, -0.15) is 0 Å². The molecule has 1 aliphatic heterocycles. The van der Waals surface area contributed by atoms with Gasteiger partial charge in [-0.05, 0) is 36.8 Å². The van der Waals surface area contributed by atoms with Crippen molar-refractivity contribution in [1.82, 2.24) is 4.31 Å². The van der Waals surface area contributed by atoms with Crippen LogP contribution in [0.25, 0.3) is 0 Å². The normalized spacial score (nSPS) is 20.0. The fraction of sp³-hybridized carbons (Fsp3) is 0.375. The average Bonchev–Trinajstić information content (AvgIpc) is 2.94. The SMILES string of the molecule is O=S(=O)(Cc1cc(F)ccc1F)N1CCSC(c2ccco2)CC1. The van der Waals surface area contributed by atoms with Crippen LogP contribution in [-0.4, -0.2) is 31.6 Å². The molecule has 1 aliphatic rings. The van der Waals surface area contributed by atoms with Crippen molar-refractivity contribution in [3.63, 3.8) is 0 Å². The van der Waals surface area contributed by atoms with Crippen LogP contribution in [0.3, 0.4) is 0 Å². The fourth-order valence-corrected chi connectivity index (χ4v) is 5.52. The molecule has 1 unspecified atom stereocenters. The second-order valence-electron chi connectivity index (χ2n) is 5.55. The van der Waals surface area contributed by atoms with E-state index in [1.165, 1.54) is 4.31 Å². The maximum absolute atomic E-state index is 13.7. The van der Waals surface area contributed by atoms with E-state index in [0.717, 1.165) is 24.0 Å². The van der Waals surface area contributed by atoms with Crippen LogP contribution < -0.4 is 0 Å². The van der Waals surface area contributed by atoms with E-state index in [1.54, 1.807) is 18.0 Å². The third-order valence-electron chi connectivity index (χ3n) is 3.90. The first-order chi connectivity index (χ1) is 11.5. The molecule has 1 atom stereocenters. The molecule has 1 saturated heterocycles. The summed E-state index contributed by atoms with van der Waals surface area (Å²) in [5, 5.41) is 0.103. The Balaban J connectivity index is 1.72. The fourth-order valence-electron chi connectivity index (χ4n) is 2.67. The van der Waals surface area contributed by atoms with E-state index in [2.05, 4.69) is 0 Å². The van der Waals surface area contributed by atoms with Crippen LogP contribution in [0.4, 0.5) is 8.78 Å². The first-order valence-electron chi connectivity index (χ1n) is 7.52. The van der Waals surface area contributed by atoms with E-state index >= 15 is 0 Å². The summed E-state index contributed by atoms with van der Waals surface area (Å²) in [7, 11) is -3.71. The van der Waals surface area contributed by atoms with Gasteiger partial charge in [0.05, 0.1) is 17.3 Å². The van der Waals surface area contributed by atoms with Gasteiger partial charge in [-0.1, -0.05) is 0 Å². The Kier molecular flexibility index (Phi) is 5.27. The van der Waals surface area contributed by atoms with Gasteiger partial charge in [-0.3, -0.25) is 0 Å². The molecule has 2 heterocycles. The van der Waals surface area contributed by atoms with E-state index < -0.39 is 27.4 Å². The maximum atomic E-state index is 13.7. The molecule has 3 rings (SSSR count). The molecule has 2 aromatic rings. The Labute approximate surface area is 143 Å². The molecule has 0 saturated carbocycles. The van der Waals surface area contributed by atoms with Crippen LogP contribution in [0.2, 0.25) is 0 Å². The van der Waals surface area contributed by atoms with Crippen LogP contribution in [0, 0.1) is 11.6 Å². The lowest BCUT2D eigenvalue weighted by molar-refractivity contribution is 0.416. The minimum Gasteiger partial charge on any atom is -0.468 e. The number of hydrogen-bond acceptors (Lipinski definition) is 4. The van der Waals surface area contributed by atoms with Crippen LogP contribution in [0.5, 0.6) is 0 Å². The van der Waals surface area contributed by atoms with Crippen molar-refractivity contribution < 1.29 is 21.6 Å². The minimum absolute atomic E-state index is 0.103. The smallest absolute Gasteiger partial charge is 0.218 e. The summed E-state index contributed by atoms with van der Waals surface area (Å²) >= 11 is 1.64. The van der Waals surface area contributed by atoms with Crippen molar-refractivity contribution in [2.24, 2.45) is 0 Å². The zero-order valence-electron chi connectivity index (χ0n) is 12.8. The maximum Gasteiger partial charge on any atom is 0.218 e. The summed E-state index contributed by atoms with van der Waals surface area (Å²) in [6.45, 7) is 0.679. The number of furan rings is 1. The Hall–Kier alpha value is -1.38. The number of thioether (sulfide) groups is 1. The van der Waals surface area contributed by atoms with Crippen molar-refractivity contribution in [2.75, 3.05) is 18.8 Å². The van der Waals surface area contributed by atoms with Crippen LogP contribution in [0.1, 0.15) is 23.0 Å². The number of hydrogen-bond donors (Lipinski definition) is 0. The van der Waals surface area contributed by atoms with E-state index in [4.69, 9.17) is 4.42 Å². The Morgan fingerprint density at radius 3 is 2.83 bits per heavy atom. The highest BCUT2D eigenvalue weighted by molar-refractivity contribution is 7.99. The van der Waals surface area contributed by atoms with Gasteiger partial charge < -0.3 is 4.42 Å². The van der Waals surface area contributed by atoms with Crippen molar-refractivity contribution in [3.8, 4) is 0 Å². The average molecular weight is 373 g/mol.